The summed E-state index contributed by atoms with van der Waals surface area (Å²) in [4.78, 5) is 22.9. The number of ether oxygens (including phenoxy) is 4. The highest BCUT2D eigenvalue weighted by molar-refractivity contribution is 7.98. The van der Waals surface area contributed by atoms with Gasteiger partial charge >= 0.3 is 11.9 Å². The Morgan fingerprint density at radius 2 is 1.67 bits per heavy atom. The molecule has 0 N–H and O–H groups in total. The van der Waals surface area contributed by atoms with Crippen LogP contribution in [0.3, 0.4) is 0 Å². The first-order valence-electron chi connectivity index (χ1n) is 6.76. The minimum atomic E-state index is -0.561. The van der Waals surface area contributed by atoms with Gasteiger partial charge in [0.15, 0.2) is 0 Å². The Labute approximate surface area is 130 Å². The zero-order valence-corrected chi connectivity index (χ0v) is 13.5. The summed E-state index contributed by atoms with van der Waals surface area (Å²) in [6, 6.07) is 0. The second kappa shape index (κ2) is 13.9. The standard InChI is InChI=1S/C14H24O6S/c1-4-17-5-6-18-7-8-19-13(15)11-12(2)14(16)20-9-10-21-3/h2,4-11H2,1,3H3. The van der Waals surface area contributed by atoms with Crippen LogP contribution < -0.4 is 0 Å². The molecule has 0 aromatic rings. The Balaban J connectivity index is 3.59. The van der Waals surface area contributed by atoms with E-state index in [0.29, 0.717) is 38.8 Å². The van der Waals surface area contributed by atoms with Gasteiger partial charge in [0.1, 0.15) is 13.2 Å². The lowest BCUT2D eigenvalue weighted by Crippen LogP contribution is -2.16. The Hall–Kier alpha value is -1.05. The van der Waals surface area contributed by atoms with E-state index in [1.54, 1.807) is 11.8 Å². The molecule has 0 spiro atoms. The minimum Gasteiger partial charge on any atom is -0.463 e. The van der Waals surface area contributed by atoms with E-state index >= 15 is 0 Å². The second-order valence-corrected chi connectivity index (χ2v) is 4.92. The van der Waals surface area contributed by atoms with E-state index in [1.165, 1.54) is 0 Å². The van der Waals surface area contributed by atoms with E-state index in [1.807, 2.05) is 13.2 Å². The molecule has 0 heterocycles. The lowest BCUT2D eigenvalue weighted by molar-refractivity contribution is -0.147. The monoisotopic (exact) mass is 320 g/mol. The molecule has 0 bridgehead atoms. The normalized spacial score (nSPS) is 10.2. The van der Waals surface area contributed by atoms with Crippen LogP contribution in [-0.4, -0.2) is 63.6 Å². The molecule has 122 valence electrons. The van der Waals surface area contributed by atoms with Crippen LogP contribution in [0.2, 0.25) is 0 Å². The summed E-state index contributed by atoms with van der Waals surface area (Å²) in [7, 11) is 0. The first-order chi connectivity index (χ1) is 10.1. The van der Waals surface area contributed by atoms with Gasteiger partial charge in [0.05, 0.1) is 26.2 Å². The Kier molecular flexibility index (Phi) is 13.2. The van der Waals surface area contributed by atoms with Gasteiger partial charge in [0, 0.05) is 17.9 Å². The summed E-state index contributed by atoms with van der Waals surface area (Å²) >= 11 is 1.57. The van der Waals surface area contributed by atoms with E-state index in [9.17, 15) is 9.59 Å². The van der Waals surface area contributed by atoms with E-state index < -0.39 is 11.9 Å². The highest BCUT2D eigenvalue weighted by Crippen LogP contribution is 2.04. The first kappa shape index (κ1) is 19.9. The molecule has 7 heteroatoms. The smallest absolute Gasteiger partial charge is 0.334 e. The lowest BCUT2D eigenvalue weighted by atomic mass is 10.2. The van der Waals surface area contributed by atoms with Gasteiger partial charge in [-0.3, -0.25) is 4.79 Å². The Morgan fingerprint density at radius 1 is 1.00 bits per heavy atom. The maximum absolute atomic E-state index is 11.5. The van der Waals surface area contributed by atoms with Crippen molar-refractivity contribution < 1.29 is 28.5 Å². The van der Waals surface area contributed by atoms with Crippen LogP contribution in [0.1, 0.15) is 13.3 Å². The number of carbonyl (C=O) groups is 2. The van der Waals surface area contributed by atoms with Gasteiger partial charge in [-0.2, -0.15) is 11.8 Å². The molecule has 21 heavy (non-hydrogen) atoms. The Bertz CT molecular complexity index is 319. The fourth-order valence-electron chi connectivity index (χ4n) is 1.20. The summed E-state index contributed by atoms with van der Waals surface area (Å²) in [5, 5.41) is 0. The van der Waals surface area contributed by atoms with Crippen LogP contribution in [0.5, 0.6) is 0 Å². The van der Waals surface area contributed by atoms with E-state index in [2.05, 4.69) is 6.58 Å². The predicted molar refractivity (Wildman–Crippen MR) is 81.4 cm³/mol. The summed E-state index contributed by atoms with van der Waals surface area (Å²) in [6.45, 7) is 7.79. The van der Waals surface area contributed by atoms with E-state index in [0.717, 1.165) is 0 Å². The van der Waals surface area contributed by atoms with Gasteiger partial charge in [-0.1, -0.05) is 6.58 Å². The quantitative estimate of drug-likeness (QED) is 0.289. The largest absolute Gasteiger partial charge is 0.463 e. The average molecular weight is 320 g/mol. The first-order valence-corrected chi connectivity index (χ1v) is 8.16. The molecular formula is C14H24O6S. The van der Waals surface area contributed by atoms with E-state index in [4.69, 9.17) is 18.9 Å². The molecule has 0 aliphatic carbocycles. The van der Waals surface area contributed by atoms with Crippen molar-refractivity contribution in [3.8, 4) is 0 Å². The number of rotatable bonds is 13. The van der Waals surface area contributed by atoms with Crippen molar-refractivity contribution >= 4 is 23.7 Å². The number of esters is 2. The minimum absolute atomic E-state index is 0.0957. The second-order valence-electron chi connectivity index (χ2n) is 3.94. The van der Waals surface area contributed by atoms with Crippen LogP contribution in [0.4, 0.5) is 0 Å². The highest BCUT2D eigenvalue weighted by atomic mass is 32.2. The molecule has 0 aromatic heterocycles. The summed E-state index contributed by atoms with van der Waals surface area (Å²) in [5.74, 6) is -0.369. The highest BCUT2D eigenvalue weighted by Gasteiger charge is 2.13. The molecule has 0 amide bonds. The van der Waals surface area contributed by atoms with Crippen molar-refractivity contribution in [3.63, 3.8) is 0 Å². The zero-order chi connectivity index (χ0) is 15.9. The maximum Gasteiger partial charge on any atom is 0.334 e. The van der Waals surface area contributed by atoms with Crippen molar-refractivity contribution in [2.24, 2.45) is 0 Å². The molecule has 0 saturated carbocycles. The van der Waals surface area contributed by atoms with Gasteiger partial charge < -0.3 is 18.9 Å². The van der Waals surface area contributed by atoms with Gasteiger partial charge in [-0.25, -0.2) is 4.79 Å². The number of carbonyl (C=O) groups excluding carboxylic acids is 2. The molecule has 0 radical (unpaired) electrons. The van der Waals surface area contributed by atoms with Gasteiger partial charge in [-0.15, -0.1) is 0 Å². The maximum atomic E-state index is 11.5. The van der Waals surface area contributed by atoms with Crippen molar-refractivity contribution in [1.82, 2.24) is 0 Å². The summed E-state index contributed by atoms with van der Waals surface area (Å²) in [5.41, 5.74) is 0.0957. The van der Waals surface area contributed by atoms with Crippen LogP contribution >= 0.6 is 11.8 Å². The fourth-order valence-corrected chi connectivity index (χ4v) is 1.45. The summed E-state index contributed by atoms with van der Waals surface area (Å²) < 4.78 is 20.1. The SMILES string of the molecule is C=C(CC(=O)OCCOCCOCC)C(=O)OCCSC. The third-order valence-electron chi connectivity index (χ3n) is 2.23. The molecule has 0 unspecified atom stereocenters. The van der Waals surface area contributed by atoms with Crippen LogP contribution in [0.25, 0.3) is 0 Å². The van der Waals surface area contributed by atoms with Crippen LogP contribution in [0.15, 0.2) is 12.2 Å². The van der Waals surface area contributed by atoms with Crippen molar-refractivity contribution in [2.75, 3.05) is 51.6 Å². The molecule has 6 nitrogen and oxygen atoms in total. The Morgan fingerprint density at radius 3 is 2.33 bits per heavy atom. The molecule has 0 atom stereocenters. The lowest BCUT2D eigenvalue weighted by Gasteiger charge is -2.08. The average Bonchev–Trinajstić information content (AvgIpc) is 2.46. The third-order valence-corrected chi connectivity index (χ3v) is 2.81. The van der Waals surface area contributed by atoms with Gasteiger partial charge in [-0.05, 0) is 13.2 Å². The van der Waals surface area contributed by atoms with E-state index in [-0.39, 0.29) is 18.6 Å². The number of hydrogen-bond donors (Lipinski definition) is 0. The molecule has 0 saturated heterocycles. The molecule has 0 aromatic carbocycles. The summed E-state index contributed by atoms with van der Waals surface area (Å²) in [6.07, 6.45) is 1.74. The third kappa shape index (κ3) is 12.4. The number of hydrogen-bond acceptors (Lipinski definition) is 7. The molecule has 0 rings (SSSR count). The predicted octanol–water partition coefficient (Wildman–Crippen LogP) is 1.44. The van der Waals surface area contributed by atoms with Crippen molar-refractivity contribution in [3.05, 3.63) is 12.2 Å². The van der Waals surface area contributed by atoms with Gasteiger partial charge in [0.2, 0.25) is 0 Å². The molecule has 0 fully saturated rings. The van der Waals surface area contributed by atoms with Gasteiger partial charge in [0.25, 0.3) is 0 Å². The topological polar surface area (TPSA) is 71.1 Å². The molecule has 0 aliphatic heterocycles. The van der Waals surface area contributed by atoms with Crippen molar-refractivity contribution in [2.45, 2.75) is 13.3 Å². The van der Waals surface area contributed by atoms with Crippen molar-refractivity contribution in [1.29, 1.82) is 0 Å². The van der Waals surface area contributed by atoms with Crippen LogP contribution in [0, 0.1) is 0 Å². The zero-order valence-electron chi connectivity index (χ0n) is 12.7. The number of thioether (sulfide) groups is 1. The fraction of sp³-hybridized carbons (Fsp3) is 0.714. The molecular weight excluding hydrogens is 296 g/mol. The molecule has 0 aliphatic rings. The van der Waals surface area contributed by atoms with Crippen LogP contribution in [-0.2, 0) is 28.5 Å².